The van der Waals surface area contributed by atoms with E-state index in [9.17, 15) is 27.6 Å². The molecule has 1 saturated heterocycles. The third-order valence-electron chi connectivity index (χ3n) is 5.83. The molecule has 11 heteroatoms. The van der Waals surface area contributed by atoms with Gasteiger partial charge in [-0.2, -0.15) is 13.2 Å². The summed E-state index contributed by atoms with van der Waals surface area (Å²) in [5.41, 5.74) is 0.105. The summed E-state index contributed by atoms with van der Waals surface area (Å²) in [4.78, 5) is 42.3. The molecule has 8 nitrogen and oxygen atoms in total. The number of nitrogens with zero attached hydrogens (tertiary/aromatic N) is 3. The van der Waals surface area contributed by atoms with Crippen molar-refractivity contribution in [2.45, 2.75) is 26.1 Å². The molecule has 2 heterocycles. The number of piperazine rings is 1. The molecule has 0 radical (unpaired) electrons. The summed E-state index contributed by atoms with van der Waals surface area (Å²) in [6.45, 7) is 5.66. The maximum absolute atomic E-state index is 13.0. The largest absolute Gasteiger partial charge is 0.463 e. The summed E-state index contributed by atoms with van der Waals surface area (Å²) in [6.07, 6.45) is -4.50. The molecular weight excluding hydrogens is 441 g/mol. The van der Waals surface area contributed by atoms with Crippen molar-refractivity contribution in [1.29, 1.82) is 0 Å². The van der Waals surface area contributed by atoms with Crippen LogP contribution in [0.15, 0.2) is 35.5 Å². The van der Waals surface area contributed by atoms with Crippen molar-refractivity contribution in [3.05, 3.63) is 46.7 Å². The van der Waals surface area contributed by atoms with Gasteiger partial charge in [0.15, 0.2) is 0 Å². The van der Waals surface area contributed by atoms with Gasteiger partial charge in [0.2, 0.25) is 5.91 Å². The van der Waals surface area contributed by atoms with Crippen molar-refractivity contribution in [2.75, 3.05) is 46.4 Å². The van der Waals surface area contributed by atoms with Crippen molar-refractivity contribution >= 4 is 17.9 Å². The van der Waals surface area contributed by atoms with Crippen LogP contribution in [0.2, 0.25) is 0 Å². The van der Waals surface area contributed by atoms with E-state index in [1.807, 2.05) is 4.90 Å². The lowest BCUT2D eigenvalue weighted by atomic mass is 9.93. The number of benzene rings is 1. The number of carbonyl (C=O) groups is 3. The average molecular weight is 468 g/mol. The molecule has 0 saturated carbocycles. The number of likely N-dealkylation sites (N-methyl/N-ethyl adjacent to an activating group) is 1. The molecule has 3 rings (SSSR count). The molecule has 2 aliphatic heterocycles. The van der Waals surface area contributed by atoms with Crippen molar-refractivity contribution < 1.29 is 32.3 Å². The lowest BCUT2D eigenvalue weighted by Gasteiger charge is -2.39. The number of carbonyl (C=O) groups excluding carboxylic acids is 3. The molecule has 0 bridgehead atoms. The first-order valence-corrected chi connectivity index (χ1v) is 10.6. The first-order chi connectivity index (χ1) is 15.5. The first kappa shape index (κ1) is 24.6. The van der Waals surface area contributed by atoms with Crippen LogP contribution in [0.5, 0.6) is 0 Å². The van der Waals surface area contributed by atoms with Crippen molar-refractivity contribution in [3.63, 3.8) is 0 Å². The lowest BCUT2D eigenvalue weighted by Crippen LogP contribution is -2.52. The molecule has 33 heavy (non-hydrogen) atoms. The molecule has 180 valence electrons. The Kier molecular flexibility index (Phi) is 7.31. The van der Waals surface area contributed by atoms with Gasteiger partial charge in [-0.15, -0.1) is 0 Å². The predicted octanol–water partition coefficient (Wildman–Crippen LogP) is 2.38. The van der Waals surface area contributed by atoms with Crippen LogP contribution >= 0.6 is 0 Å². The second-order valence-electron chi connectivity index (χ2n) is 7.92. The fourth-order valence-electron chi connectivity index (χ4n) is 3.95. The van der Waals surface area contributed by atoms with Gasteiger partial charge in [0.05, 0.1) is 23.8 Å². The van der Waals surface area contributed by atoms with Crippen LogP contribution in [0.3, 0.4) is 0 Å². The van der Waals surface area contributed by atoms with Gasteiger partial charge in [0.25, 0.3) is 0 Å². The molecule has 3 amide bonds. The number of ether oxygens (including phenoxy) is 1. The van der Waals surface area contributed by atoms with E-state index in [2.05, 4.69) is 5.32 Å². The summed E-state index contributed by atoms with van der Waals surface area (Å²) in [5.74, 6) is -0.663. The van der Waals surface area contributed by atoms with Gasteiger partial charge in [-0.3, -0.25) is 14.6 Å². The first-order valence-electron chi connectivity index (χ1n) is 10.6. The summed E-state index contributed by atoms with van der Waals surface area (Å²) >= 11 is 0. The van der Waals surface area contributed by atoms with Crippen molar-refractivity contribution in [1.82, 2.24) is 20.0 Å². The Morgan fingerprint density at radius 1 is 1.12 bits per heavy atom. The Morgan fingerprint density at radius 3 is 2.24 bits per heavy atom. The molecule has 2 aliphatic rings. The third-order valence-corrected chi connectivity index (χ3v) is 5.83. The highest BCUT2D eigenvalue weighted by Gasteiger charge is 2.38. The van der Waals surface area contributed by atoms with Gasteiger partial charge in [0, 0.05) is 52.4 Å². The number of urea groups is 1. The molecule has 0 unspecified atom stereocenters. The SMILES string of the molecule is CCOC(=O)C1=C(CN2CCN(C(C)=O)CC2)N(C)C(=O)N[C@@H]1c1ccc(C(F)(F)F)cc1. The van der Waals surface area contributed by atoms with E-state index in [1.165, 1.54) is 31.0 Å². The minimum Gasteiger partial charge on any atom is -0.463 e. The molecule has 1 N–H and O–H groups in total. The van der Waals surface area contributed by atoms with Gasteiger partial charge in [-0.05, 0) is 24.6 Å². The van der Waals surface area contributed by atoms with Gasteiger partial charge in [0.1, 0.15) is 0 Å². The van der Waals surface area contributed by atoms with E-state index in [1.54, 1.807) is 11.8 Å². The van der Waals surface area contributed by atoms with E-state index in [0.717, 1.165) is 12.1 Å². The molecule has 0 aromatic heterocycles. The second-order valence-corrected chi connectivity index (χ2v) is 7.92. The molecule has 1 fully saturated rings. The normalized spacial score (nSPS) is 20.1. The van der Waals surface area contributed by atoms with Crippen LogP contribution in [-0.2, 0) is 20.5 Å². The van der Waals surface area contributed by atoms with Crippen LogP contribution in [0.1, 0.15) is 31.0 Å². The zero-order chi connectivity index (χ0) is 24.3. The molecule has 0 aliphatic carbocycles. The van der Waals surface area contributed by atoms with E-state index in [4.69, 9.17) is 4.74 Å². The van der Waals surface area contributed by atoms with E-state index >= 15 is 0 Å². The minimum atomic E-state index is -4.50. The third kappa shape index (κ3) is 5.47. The van der Waals surface area contributed by atoms with Gasteiger partial charge in [-0.1, -0.05) is 12.1 Å². The Balaban J connectivity index is 1.97. The highest BCUT2D eigenvalue weighted by molar-refractivity contribution is 5.95. The standard InChI is InChI=1S/C22H27F3N4O4/c1-4-33-20(31)18-17(13-28-9-11-29(12-10-28)14(2)30)27(3)21(32)26-19(18)15-5-7-16(8-6-15)22(23,24)25/h5-8,19H,4,9-13H2,1-3H3,(H,26,32)/t19-/m1/s1. The number of amides is 3. The number of nitrogens with one attached hydrogen (secondary N) is 1. The highest BCUT2D eigenvalue weighted by atomic mass is 19.4. The Morgan fingerprint density at radius 2 is 1.73 bits per heavy atom. The van der Waals surface area contributed by atoms with E-state index < -0.39 is 29.8 Å². The molecule has 0 spiro atoms. The smallest absolute Gasteiger partial charge is 0.416 e. The summed E-state index contributed by atoms with van der Waals surface area (Å²) in [7, 11) is 1.53. The Bertz CT molecular complexity index is 938. The van der Waals surface area contributed by atoms with Crippen LogP contribution in [0.4, 0.5) is 18.0 Å². The molecule has 1 atom stereocenters. The van der Waals surface area contributed by atoms with Crippen LogP contribution in [0.25, 0.3) is 0 Å². The monoisotopic (exact) mass is 468 g/mol. The number of esters is 1. The van der Waals surface area contributed by atoms with Crippen molar-refractivity contribution in [3.8, 4) is 0 Å². The second kappa shape index (κ2) is 9.82. The Hall–Kier alpha value is -3.08. The van der Waals surface area contributed by atoms with Crippen molar-refractivity contribution in [2.24, 2.45) is 0 Å². The fourth-order valence-corrected chi connectivity index (χ4v) is 3.95. The Labute approximate surface area is 189 Å². The van der Waals surface area contributed by atoms with Crippen LogP contribution in [-0.4, -0.2) is 79.0 Å². The maximum Gasteiger partial charge on any atom is 0.416 e. The quantitative estimate of drug-likeness (QED) is 0.672. The van der Waals surface area contributed by atoms with Gasteiger partial charge < -0.3 is 15.0 Å². The fraction of sp³-hybridized carbons (Fsp3) is 0.500. The number of hydrogen-bond acceptors (Lipinski definition) is 5. The summed E-state index contributed by atoms with van der Waals surface area (Å²) in [6, 6.07) is 2.91. The van der Waals surface area contributed by atoms with E-state index in [0.29, 0.717) is 37.4 Å². The topological polar surface area (TPSA) is 82.2 Å². The highest BCUT2D eigenvalue weighted by Crippen LogP contribution is 2.34. The molecular formula is C22H27F3N4O4. The van der Waals surface area contributed by atoms with Crippen LogP contribution < -0.4 is 5.32 Å². The number of hydrogen-bond donors (Lipinski definition) is 1. The molecule has 1 aromatic rings. The zero-order valence-electron chi connectivity index (χ0n) is 18.7. The predicted molar refractivity (Wildman–Crippen MR) is 113 cm³/mol. The minimum absolute atomic E-state index is 0.0161. The van der Waals surface area contributed by atoms with E-state index in [-0.39, 0.29) is 24.6 Å². The summed E-state index contributed by atoms with van der Waals surface area (Å²) in [5, 5.41) is 2.69. The number of rotatable bonds is 5. The van der Waals surface area contributed by atoms with Gasteiger partial charge in [-0.25, -0.2) is 9.59 Å². The number of alkyl halides is 3. The summed E-state index contributed by atoms with van der Waals surface area (Å²) < 4.78 is 44.2. The average Bonchev–Trinajstić information content (AvgIpc) is 2.76. The van der Waals surface area contributed by atoms with Crippen LogP contribution in [0, 0.1) is 0 Å². The maximum atomic E-state index is 13.0. The molecule has 1 aromatic carbocycles. The number of halogens is 3. The zero-order valence-corrected chi connectivity index (χ0v) is 18.7. The van der Waals surface area contributed by atoms with Gasteiger partial charge >= 0.3 is 18.2 Å². The lowest BCUT2D eigenvalue weighted by molar-refractivity contribution is -0.139.